The minimum absolute atomic E-state index is 0.310. The van der Waals surface area contributed by atoms with Gasteiger partial charge in [-0.25, -0.2) is 5.84 Å². The molecule has 0 atom stereocenters. The molecule has 17 heavy (non-hydrogen) atoms. The highest BCUT2D eigenvalue weighted by Gasteiger charge is 2.05. The van der Waals surface area contributed by atoms with Crippen molar-refractivity contribution in [3.05, 3.63) is 40.1 Å². The van der Waals surface area contributed by atoms with E-state index in [1.165, 1.54) is 12.4 Å². The van der Waals surface area contributed by atoms with Gasteiger partial charge in [0.05, 0.1) is 17.4 Å². The van der Waals surface area contributed by atoms with E-state index in [1.54, 1.807) is 12.1 Å². The molecule has 0 aliphatic carbocycles. The van der Waals surface area contributed by atoms with Crippen molar-refractivity contribution in [2.45, 2.75) is 0 Å². The molecule has 0 fully saturated rings. The lowest BCUT2D eigenvalue weighted by Crippen LogP contribution is -2.09. The number of ether oxygens (including phenoxy) is 1. The number of anilines is 1. The summed E-state index contributed by atoms with van der Waals surface area (Å²) < 4.78 is 6.36. The largest absolute Gasteiger partial charge is 0.436 e. The van der Waals surface area contributed by atoms with Gasteiger partial charge in [0.15, 0.2) is 5.82 Å². The van der Waals surface area contributed by atoms with E-state index in [1.807, 2.05) is 6.07 Å². The summed E-state index contributed by atoms with van der Waals surface area (Å²) in [6.45, 7) is 0. The van der Waals surface area contributed by atoms with Crippen molar-refractivity contribution in [2.24, 2.45) is 5.84 Å². The number of benzene rings is 1. The normalized spacial score (nSPS) is 10.1. The molecule has 0 spiro atoms. The lowest BCUT2D eigenvalue weighted by Gasteiger charge is -2.07. The topological polar surface area (TPSA) is 73.1 Å². The van der Waals surface area contributed by atoms with Gasteiger partial charge in [0.1, 0.15) is 5.75 Å². The Labute approximate surface area is 111 Å². The molecule has 2 rings (SSSR count). The third-order valence-electron chi connectivity index (χ3n) is 1.87. The fourth-order valence-electron chi connectivity index (χ4n) is 1.14. The standard InChI is InChI=1S/C10H8BrClN4O/c11-6-1-2-8(7(12)3-6)17-10-5-14-4-9(15-10)16-13/h1-5H,13H2,(H,15,16). The number of aromatic nitrogens is 2. The molecule has 2 aromatic rings. The highest BCUT2D eigenvalue weighted by molar-refractivity contribution is 9.10. The highest BCUT2D eigenvalue weighted by atomic mass is 79.9. The van der Waals surface area contributed by atoms with Gasteiger partial charge in [0, 0.05) is 4.47 Å². The second-order valence-electron chi connectivity index (χ2n) is 3.06. The van der Waals surface area contributed by atoms with E-state index in [-0.39, 0.29) is 0 Å². The second-order valence-corrected chi connectivity index (χ2v) is 4.39. The van der Waals surface area contributed by atoms with Gasteiger partial charge in [-0.1, -0.05) is 27.5 Å². The third kappa shape index (κ3) is 3.06. The van der Waals surface area contributed by atoms with Crippen molar-refractivity contribution >= 4 is 33.3 Å². The Morgan fingerprint density at radius 2 is 2.18 bits per heavy atom. The van der Waals surface area contributed by atoms with Crippen LogP contribution in [-0.4, -0.2) is 9.97 Å². The second kappa shape index (κ2) is 5.31. The summed E-state index contributed by atoms with van der Waals surface area (Å²) in [5.41, 5.74) is 2.38. The summed E-state index contributed by atoms with van der Waals surface area (Å²) in [6.07, 6.45) is 2.95. The Balaban J connectivity index is 2.25. The Hall–Kier alpha value is -1.37. The molecular weight excluding hydrogens is 307 g/mol. The van der Waals surface area contributed by atoms with E-state index < -0.39 is 0 Å². The maximum atomic E-state index is 6.01. The molecule has 0 saturated heterocycles. The minimum Gasteiger partial charge on any atom is -0.436 e. The SMILES string of the molecule is NNc1cncc(Oc2ccc(Br)cc2Cl)n1. The maximum Gasteiger partial charge on any atom is 0.239 e. The summed E-state index contributed by atoms with van der Waals surface area (Å²) in [4.78, 5) is 7.98. The zero-order chi connectivity index (χ0) is 12.3. The first-order chi connectivity index (χ1) is 8.19. The number of nitrogens with two attached hydrogens (primary N) is 1. The van der Waals surface area contributed by atoms with Crippen molar-refractivity contribution < 1.29 is 4.74 Å². The fourth-order valence-corrected chi connectivity index (χ4v) is 1.85. The average Bonchev–Trinajstić information content (AvgIpc) is 2.33. The summed E-state index contributed by atoms with van der Waals surface area (Å²) in [6, 6.07) is 5.28. The number of nitrogen functional groups attached to an aromatic ring is 1. The van der Waals surface area contributed by atoms with E-state index >= 15 is 0 Å². The Kier molecular flexibility index (Phi) is 3.78. The molecule has 0 unspecified atom stereocenters. The lowest BCUT2D eigenvalue weighted by atomic mass is 10.3. The van der Waals surface area contributed by atoms with Crippen LogP contribution in [0, 0.1) is 0 Å². The van der Waals surface area contributed by atoms with E-state index in [0.717, 1.165) is 4.47 Å². The first-order valence-electron chi connectivity index (χ1n) is 4.60. The van der Waals surface area contributed by atoms with Gasteiger partial charge < -0.3 is 10.2 Å². The molecule has 0 bridgehead atoms. The molecule has 0 amide bonds. The van der Waals surface area contributed by atoms with Gasteiger partial charge in [-0.15, -0.1) is 0 Å². The van der Waals surface area contributed by atoms with E-state index in [4.69, 9.17) is 22.2 Å². The van der Waals surface area contributed by atoms with E-state index in [2.05, 4.69) is 31.3 Å². The van der Waals surface area contributed by atoms with Gasteiger partial charge in [-0.3, -0.25) is 4.98 Å². The van der Waals surface area contributed by atoms with Crippen molar-refractivity contribution in [3.8, 4) is 11.6 Å². The molecule has 0 aliphatic rings. The summed E-state index contributed by atoms with van der Waals surface area (Å²) in [5.74, 6) is 6.44. The minimum atomic E-state index is 0.310. The van der Waals surface area contributed by atoms with Crippen LogP contribution in [0.5, 0.6) is 11.6 Å². The lowest BCUT2D eigenvalue weighted by molar-refractivity contribution is 0.461. The first-order valence-corrected chi connectivity index (χ1v) is 5.77. The van der Waals surface area contributed by atoms with E-state index in [0.29, 0.717) is 22.5 Å². The zero-order valence-corrected chi connectivity index (χ0v) is 10.9. The Bertz CT molecular complexity index is 537. The number of hydrogen-bond donors (Lipinski definition) is 2. The van der Waals surface area contributed by atoms with Crippen LogP contribution in [-0.2, 0) is 0 Å². The summed E-state index contributed by atoms with van der Waals surface area (Å²) in [5, 5.41) is 0.479. The van der Waals surface area contributed by atoms with Crippen LogP contribution in [0.15, 0.2) is 35.1 Å². The van der Waals surface area contributed by atoms with Crippen LogP contribution < -0.4 is 16.0 Å². The molecule has 5 nitrogen and oxygen atoms in total. The monoisotopic (exact) mass is 314 g/mol. The molecule has 1 aromatic carbocycles. The maximum absolute atomic E-state index is 6.01. The molecule has 88 valence electrons. The summed E-state index contributed by atoms with van der Waals surface area (Å²) in [7, 11) is 0. The molecule has 0 saturated carbocycles. The predicted octanol–water partition coefficient (Wildman–Crippen LogP) is 2.97. The first kappa shape index (κ1) is 12.1. The van der Waals surface area contributed by atoms with Crippen LogP contribution in [0.4, 0.5) is 5.82 Å². The number of hydrogen-bond acceptors (Lipinski definition) is 5. The number of hydrazine groups is 1. The molecule has 7 heteroatoms. The van der Waals surface area contributed by atoms with Gasteiger partial charge in [0.2, 0.25) is 5.88 Å². The zero-order valence-electron chi connectivity index (χ0n) is 8.52. The number of nitrogens with one attached hydrogen (secondary N) is 1. The summed E-state index contributed by atoms with van der Waals surface area (Å²) >= 11 is 9.32. The molecule has 0 radical (unpaired) electrons. The molecule has 3 N–H and O–H groups in total. The highest BCUT2D eigenvalue weighted by Crippen LogP contribution is 2.30. The van der Waals surface area contributed by atoms with Gasteiger partial charge in [-0.2, -0.15) is 4.98 Å². The van der Waals surface area contributed by atoms with Crippen molar-refractivity contribution in [2.75, 3.05) is 5.43 Å². The van der Waals surface area contributed by atoms with Crippen LogP contribution in [0.1, 0.15) is 0 Å². The predicted molar refractivity (Wildman–Crippen MR) is 69.1 cm³/mol. The van der Waals surface area contributed by atoms with Crippen molar-refractivity contribution in [1.82, 2.24) is 9.97 Å². The third-order valence-corrected chi connectivity index (χ3v) is 2.66. The molecule has 0 aliphatic heterocycles. The van der Waals surface area contributed by atoms with Crippen LogP contribution in [0.3, 0.4) is 0 Å². The van der Waals surface area contributed by atoms with Crippen LogP contribution >= 0.6 is 27.5 Å². The van der Waals surface area contributed by atoms with Gasteiger partial charge in [-0.05, 0) is 18.2 Å². The smallest absolute Gasteiger partial charge is 0.239 e. The van der Waals surface area contributed by atoms with E-state index in [9.17, 15) is 0 Å². The Morgan fingerprint density at radius 1 is 1.35 bits per heavy atom. The number of nitrogens with zero attached hydrogens (tertiary/aromatic N) is 2. The number of halogens is 2. The van der Waals surface area contributed by atoms with Crippen molar-refractivity contribution in [3.63, 3.8) is 0 Å². The quantitative estimate of drug-likeness (QED) is 0.673. The van der Waals surface area contributed by atoms with Crippen molar-refractivity contribution in [1.29, 1.82) is 0 Å². The fraction of sp³-hybridized carbons (Fsp3) is 0. The average molecular weight is 316 g/mol. The molecular formula is C10H8BrClN4O. The molecule has 1 heterocycles. The van der Waals surface area contributed by atoms with Gasteiger partial charge >= 0.3 is 0 Å². The number of rotatable bonds is 3. The molecule has 1 aromatic heterocycles. The Morgan fingerprint density at radius 3 is 2.88 bits per heavy atom. The van der Waals surface area contributed by atoms with Crippen LogP contribution in [0.2, 0.25) is 5.02 Å². The van der Waals surface area contributed by atoms with Gasteiger partial charge in [0.25, 0.3) is 0 Å². The van der Waals surface area contributed by atoms with Crippen LogP contribution in [0.25, 0.3) is 0 Å².